The van der Waals surface area contributed by atoms with Crippen LogP contribution in [0.3, 0.4) is 0 Å². The van der Waals surface area contributed by atoms with Gasteiger partial charge in [-0.25, -0.2) is 0 Å². The van der Waals surface area contributed by atoms with Crippen LogP contribution >= 0.6 is 0 Å². The van der Waals surface area contributed by atoms with E-state index in [0.29, 0.717) is 6.54 Å². The average Bonchev–Trinajstić information content (AvgIpc) is 1.21. The second kappa shape index (κ2) is 4.43. The van der Waals surface area contributed by atoms with E-state index in [9.17, 15) is 0 Å². The Morgan fingerprint density at radius 3 is 1.67 bits per heavy atom. The van der Waals surface area contributed by atoms with Gasteiger partial charge in [0, 0.05) is 0 Å². The third-order valence-electron chi connectivity index (χ3n) is 0.688. The van der Waals surface area contributed by atoms with Crippen molar-refractivity contribution in [3.63, 3.8) is 0 Å². The number of aliphatic hydroxyl groups is 2. The van der Waals surface area contributed by atoms with E-state index in [4.69, 9.17) is 10.2 Å². The molecule has 0 fully saturated rings. The molecule has 0 bridgehead atoms. The van der Waals surface area contributed by atoms with Gasteiger partial charge in [-0.3, -0.25) is 0 Å². The Labute approximate surface area is 72.7 Å². The van der Waals surface area contributed by atoms with E-state index in [2.05, 4.69) is 0 Å². The first-order valence-corrected chi connectivity index (χ1v) is 2.65. The highest BCUT2D eigenvalue weighted by Gasteiger charge is 2.18. The predicted octanol–water partition coefficient (Wildman–Crippen LogP) is -5.16. The summed E-state index contributed by atoms with van der Waals surface area (Å²) in [5, 5.41) is 17.4. The molecule has 0 aliphatic rings. The lowest BCUT2D eigenvalue weighted by Crippen LogP contribution is -3.07. The van der Waals surface area contributed by atoms with Crippen LogP contribution in [-0.4, -0.2) is 36.6 Å². The normalized spacial score (nSPS) is 11.3. The van der Waals surface area contributed by atoms with Crippen molar-refractivity contribution in [3.8, 4) is 0 Å². The summed E-state index contributed by atoms with van der Waals surface area (Å²) in [5.41, 5.74) is 0. The Bertz CT molecular complexity index is 69.8. The van der Waals surface area contributed by atoms with E-state index in [1.807, 2.05) is 14.1 Å². The third kappa shape index (κ3) is 12.0. The first kappa shape index (κ1) is 12.3. The molecular formula is C5H14INO2. The number of hydrogen-bond donors (Lipinski definition) is 3. The molecule has 0 rings (SSSR count). The fraction of sp³-hybridized carbons (Fsp3) is 1.00. The van der Waals surface area contributed by atoms with Crippen molar-refractivity contribution < 1.29 is 39.1 Å². The zero-order chi connectivity index (χ0) is 6.78. The van der Waals surface area contributed by atoms with Gasteiger partial charge in [0.15, 0.2) is 0 Å². The molecule has 58 valence electrons. The van der Waals surface area contributed by atoms with E-state index in [1.165, 1.54) is 6.92 Å². The SMILES string of the molecule is C[NH+](C)CC(C)(O)O.[I-]. The summed E-state index contributed by atoms with van der Waals surface area (Å²) < 4.78 is 0. The number of halogens is 1. The minimum absolute atomic E-state index is 0. The topological polar surface area (TPSA) is 44.9 Å². The minimum Gasteiger partial charge on any atom is -1.00 e. The van der Waals surface area contributed by atoms with Crippen molar-refractivity contribution in [3.05, 3.63) is 0 Å². The lowest BCUT2D eigenvalue weighted by molar-refractivity contribution is -0.869. The van der Waals surface area contributed by atoms with Crippen LogP contribution in [0.1, 0.15) is 6.92 Å². The predicted molar refractivity (Wildman–Crippen MR) is 30.5 cm³/mol. The molecule has 0 saturated carbocycles. The van der Waals surface area contributed by atoms with Gasteiger partial charge in [-0.15, -0.1) is 0 Å². The van der Waals surface area contributed by atoms with Crippen molar-refractivity contribution in [2.45, 2.75) is 12.7 Å². The van der Waals surface area contributed by atoms with Crippen LogP contribution in [-0.2, 0) is 0 Å². The lowest BCUT2D eigenvalue weighted by Gasteiger charge is -2.17. The Kier molecular flexibility index (Phi) is 6.05. The number of hydrogen-bond acceptors (Lipinski definition) is 2. The van der Waals surface area contributed by atoms with Crippen molar-refractivity contribution in [1.82, 2.24) is 0 Å². The monoisotopic (exact) mass is 247 g/mol. The highest BCUT2D eigenvalue weighted by Crippen LogP contribution is 1.88. The van der Waals surface area contributed by atoms with Gasteiger partial charge in [-0.1, -0.05) is 0 Å². The van der Waals surface area contributed by atoms with Gasteiger partial charge in [0.25, 0.3) is 0 Å². The summed E-state index contributed by atoms with van der Waals surface area (Å²) in [5.74, 6) is -1.52. The molecular weight excluding hydrogens is 233 g/mol. The van der Waals surface area contributed by atoms with Crippen LogP contribution in [0.25, 0.3) is 0 Å². The third-order valence-corrected chi connectivity index (χ3v) is 0.688. The molecule has 3 nitrogen and oxygen atoms in total. The van der Waals surface area contributed by atoms with Crippen molar-refractivity contribution in [2.75, 3.05) is 20.6 Å². The maximum atomic E-state index is 8.72. The van der Waals surface area contributed by atoms with Crippen molar-refractivity contribution in [2.24, 2.45) is 0 Å². The number of nitrogens with one attached hydrogen (secondary N) is 1. The fourth-order valence-electron chi connectivity index (χ4n) is 0.670. The molecule has 0 heterocycles. The van der Waals surface area contributed by atoms with Gasteiger partial charge < -0.3 is 39.1 Å². The molecule has 0 aromatic carbocycles. The molecule has 3 N–H and O–H groups in total. The summed E-state index contributed by atoms with van der Waals surface area (Å²) in [4.78, 5) is 1.03. The zero-order valence-corrected chi connectivity index (χ0v) is 8.14. The van der Waals surface area contributed by atoms with Gasteiger partial charge >= 0.3 is 0 Å². The van der Waals surface area contributed by atoms with E-state index < -0.39 is 5.79 Å². The smallest absolute Gasteiger partial charge is 0.210 e. The molecule has 0 aliphatic carbocycles. The van der Waals surface area contributed by atoms with Crippen LogP contribution in [0.5, 0.6) is 0 Å². The van der Waals surface area contributed by atoms with Crippen molar-refractivity contribution in [1.29, 1.82) is 0 Å². The van der Waals surface area contributed by atoms with Crippen LogP contribution in [0.2, 0.25) is 0 Å². The average molecular weight is 247 g/mol. The summed E-state index contributed by atoms with van der Waals surface area (Å²) in [6.07, 6.45) is 0. The first-order chi connectivity index (χ1) is 3.42. The standard InChI is InChI=1S/C5H13NO2.HI/c1-5(7,8)4-6(2)3;/h7-8H,4H2,1-3H3;1H. The van der Waals surface area contributed by atoms with Gasteiger partial charge in [-0.05, 0) is 6.92 Å². The lowest BCUT2D eigenvalue weighted by atomic mass is 10.3. The van der Waals surface area contributed by atoms with Gasteiger partial charge in [0.05, 0.1) is 14.1 Å². The molecule has 0 saturated heterocycles. The maximum Gasteiger partial charge on any atom is 0.210 e. The Morgan fingerprint density at radius 2 is 1.67 bits per heavy atom. The minimum atomic E-state index is -1.52. The summed E-state index contributed by atoms with van der Waals surface area (Å²) in [6.45, 7) is 1.73. The first-order valence-electron chi connectivity index (χ1n) is 2.65. The molecule has 0 aliphatic heterocycles. The highest BCUT2D eigenvalue weighted by molar-refractivity contribution is 4.48. The molecule has 0 aromatic rings. The molecule has 0 unspecified atom stereocenters. The number of quaternary nitrogens is 1. The zero-order valence-electron chi connectivity index (χ0n) is 5.98. The quantitative estimate of drug-likeness (QED) is 0.337. The van der Waals surface area contributed by atoms with Gasteiger partial charge in [0.1, 0.15) is 6.54 Å². The van der Waals surface area contributed by atoms with E-state index in [-0.39, 0.29) is 24.0 Å². The Hall–Kier alpha value is 0.610. The molecule has 0 atom stereocenters. The van der Waals surface area contributed by atoms with E-state index >= 15 is 0 Å². The molecule has 4 heteroatoms. The van der Waals surface area contributed by atoms with E-state index in [1.54, 1.807) is 0 Å². The Morgan fingerprint density at radius 1 is 1.33 bits per heavy atom. The molecule has 0 amide bonds. The largest absolute Gasteiger partial charge is 1.00 e. The van der Waals surface area contributed by atoms with E-state index in [0.717, 1.165) is 4.90 Å². The van der Waals surface area contributed by atoms with Crippen molar-refractivity contribution >= 4 is 0 Å². The maximum absolute atomic E-state index is 8.72. The summed E-state index contributed by atoms with van der Waals surface area (Å²) in [7, 11) is 3.73. The molecule has 0 radical (unpaired) electrons. The van der Waals surface area contributed by atoms with Gasteiger partial charge in [-0.2, -0.15) is 0 Å². The molecule has 9 heavy (non-hydrogen) atoms. The second-order valence-corrected chi connectivity index (χ2v) is 2.60. The van der Waals surface area contributed by atoms with Gasteiger partial charge in [0.2, 0.25) is 5.79 Å². The Balaban J connectivity index is 0. The highest BCUT2D eigenvalue weighted by atomic mass is 127. The van der Waals surface area contributed by atoms with Crippen LogP contribution < -0.4 is 28.9 Å². The molecule has 0 aromatic heterocycles. The fourth-order valence-corrected chi connectivity index (χ4v) is 0.670. The van der Waals surface area contributed by atoms with Crippen LogP contribution in [0.4, 0.5) is 0 Å². The number of likely N-dealkylation sites (N-methyl/N-ethyl adjacent to an activating group) is 1. The number of rotatable bonds is 2. The second-order valence-electron chi connectivity index (χ2n) is 2.60. The molecule has 0 spiro atoms. The van der Waals surface area contributed by atoms with Crippen LogP contribution in [0.15, 0.2) is 0 Å². The summed E-state index contributed by atoms with van der Waals surface area (Å²) >= 11 is 0. The summed E-state index contributed by atoms with van der Waals surface area (Å²) in [6, 6.07) is 0. The van der Waals surface area contributed by atoms with Crippen LogP contribution in [0, 0.1) is 0 Å².